The van der Waals surface area contributed by atoms with Crippen LogP contribution in [0.3, 0.4) is 0 Å². The van der Waals surface area contributed by atoms with Crippen molar-refractivity contribution in [2.45, 2.75) is 18.4 Å². The number of thioether (sulfide) groups is 1. The van der Waals surface area contributed by atoms with Crippen molar-refractivity contribution in [3.8, 4) is 6.07 Å². The van der Waals surface area contributed by atoms with Crippen LogP contribution in [0.25, 0.3) is 0 Å². The minimum absolute atomic E-state index is 0.166. The highest BCUT2D eigenvalue weighted by Crippen LogP contribution is 2.57. The summed E-state index contributed by atoms with van der Waals surface area (Å²) >= 11 is 2.00. The van der Waals surface area contributed by atoms with Gasteiger partial charge in [-0.05, 0) is 36.8 Å². The first-order valence-electron chi connectivity index (χ1n) is 3.92. The van der Waals surface area contributed by atoms with Crippen molar-refractivity contribution < 1.29 is 0 Å². The van der Waals surface area contributed by atoms with Gasteiger partial charge in [0.2, 0.25) is 0 Å². The molecule has 0 aromatic rings. The zero-order valence-corrected chi connectivity index (χ0v) is 7.50. The van der Waals surface area contributed by atoms with E-state index in [1.165, 1.54) is 11.5 Å². The average Bonchev–Trinajstić information content (AvgIpc) is 1.85. The van der Waals surface area contributed by atoms with Crippen LogP contribution in [0.5, 0.6) is 0 Å². The van der Waals surface area contributed by atoms with E-state index in [0.29, 0.717) is 5.41 Å². The summed E-state index contributed by atoms with van der Waals surface area (Å²) in [6.45, 7) is 0. The third-order valence-electron chi connectivity index (χ3n) is 2.86. The van der Waals surface area contributed by atoms with Crippen molar-refractivity contribution >= 4 is 11.8 Å². The Morgan fingerprint density at radius 3 is 2.36 bits per heavy atom. The molecular formula is C8H12N2S. The lowest BCUT2D eigenvalue weighted by Gasteiger charge is -2.57. The lowest BCUT2D eigenvalue weighted by Crippen LogP contribution is -2.63. The maximum absolute atomic E-state index is 8.87. The SMILES string of the molecule is CNC1(C#N)CC2(CSC2)C1. The van der Waals surface area contributed by atoms with Crippen LogP contribution < -0.4 is 5.32 Å². The second kappa shape index (κ2) is 2.15. The molecule has 2 nitrogen and oxygen atoms in total. The summed E-state index contributed by atoms with van der Waals surface area (Å²) in [5.74, 6) is 2.55. The minimum Gasteiger partial charge on any atom is -0.302 e. The van der Waals surface area contributed by atoms with Crippen LogP contribution >= 0.6 is 11.8 Å². The number of hydrogen-bond acceptors (Lipinski definition) is 3. The highest BCUT2D eigenvalue weighted by Gasteiger charge is 2.57. The summed E-state index contributed by atoms with van der Waals surface area (Å²) in [6.07, 6.45) is 2.14. The van der Waals surface area contributed by atoms with Gasteiger partial charge in [-0.2, -0.15) is 17.0 Å². The van der Waals surface area contributed by atoms with Crippen LogP contribution in [-0.2, 0) is 0 Å². The van der Waals surface area contributed by atoms with E-state index in [1.807, 2.05) is 18.8 Å². The molecule has 2 fully saturated rings. The van der Waals surface area contributed by atoms with Crippen LogP contribution in [0.2, 0.25) is 0 Å². The maximum Gasteiger partial charge on any atom is 0.107 e. The van der Waals surface area contributed by atoms with Gasteiger partial charge in [-0.25, -0.2) is 0 Å². The molecule has 0 bridgehead atoms. The van der Waals surface area contributed by atoms with Crippen LogP contribution in [-0.4, -0.2) is 24.1 Å². The molecule has 0 unspecified atom stereocenters. The number of nitrogens with zero attached hydrogens (tertiary/aromatic N) is 1. The van der Waals surface area contributed by atoms with Gasteiger partial charge < -0.3 is 5.32 Å². The Labute approximate surface area is 71.3 Å². The Morgan fingerprint density at radius 2 is 2.09 bits per heavy atom. The van der Waals surface area contributed by atoms with Crippen molar-refractivity contribution in [2.75, 3.05) is 18.6 Å². The van der Waals surface area contributed by atoms with E-state index in [4.69, 9.17) is 5.26 Å². The first kappa shape index (κ1) is 7.45. The molecule has 11 heavy (non-hydrogen) atoms. The van der Waals surface area contributed by atoms with Gasteiger partial charge in [0.15, 0.2) is 0 Å². The quantitative estimate of drug-likeness (QED) is 0.634. The zero-order valence-electron chi connectivity index (χ0n) is 6.68. The third-order valence-corrected chi connectivity index (χ3v) is 4.50. The Morgan fingerprint density at radius 1 is 1.45 bits per heavy atom. The Kier molecular flexibility index (Phi) is 1.45. The molecule has 2 rings (SSSR count). The largest absolute Gasteiger partial charge is 0.302 e. The second-order valence-corrected chi connectivity index (χ2v) is 4.78. The van der Waals surface area contributed by atoms with Crippen molar-refractivity contribution in [3.05, 3.63) is 0 Å². The Balaban J connectivity index is 2.00. The second-order valence-electron chi connectivity index (χ2n) is 3.79. The van der Waals surface area contributed by atoms with Gasteiger partial charge in [-0.15, -0.1) is 0 Å². The molecule has 1 heterocycles. The van der Waals surface area contributed by atoms with Gasteiger partial charge in [-0.3, -0.25) is 0 Å². The zero-order chi connectivity index (χ0) is 7.95. The van der Waals surface area contributed by atoms with Crippen molar-refractivity contribution in [1.82, 2.24) is 5.32 Å². The fourth-order valence-electron chi connectivity index (χ4n) is 2.14. The fraction of sp³-hybridized carbons (Fsp3) is 0.875. The lowest BCUT2D eigenvalue weighted by molar-refractivity contribution is 0.0794. The standard InChI is InChI=1S/C8H12N2S/c1-10-8(4-9)2-7(3-8)5-11-6-7/h10H,2-3,5-6H2,1H3. The normalized spacial score (nSPS) is 30.2. The molecule has 1 saturated carbocycles. The third kappa shape index (κ3) is 0.896. The van der Waals surface area contributed by atoms with Gasteiger partial charge in [0, 0.05) is 0 Å². The first-order valence-corrected chi connectivity index (χ1v) is 5.08. The van der Waals surface area contributed by atoms with Crippen molar-refractivity contribution in [3.63, 3.8) is 0 Å². The fourth-order valence-corrected chi connectivity index (χ4v) is 3.32. The summed E-state index contributed by atoms with van der Waals surface area (Å²) in [5.41, 5.74) is 0.393. The molecule has 0 aromatic heterocycles. The van der Waals surface area contributed by atoms with E-state index in [-0.39, 0.29) is 5.54 Å². The van der Waals surface area contributed by atoms with Gasteiger partial charge in [-0.1, -0.05) is 0 Å². The highest BCUT2D eigenvalue weighted by atomic mass is 32.2. The molecule has 2 aliphatic rings. The molecule has 1 aliphatic heterocycles. The molecule has 1 spiro atoms. The monoisotopic (exact) mass is 168 g/mol. The van der Waals surface area contributed by atoms with E-state index in [0.717, 1.165) is 12.8 Å². The van der Waals surface area contributed by atoms with E-state index in [1.54, 1.807) is 0 Å². The van der Waals surface area contributed by atoms with Crippen molar-refractivity contribution in [1.29, 1.82) is 5.26 Å². The van der Waals surface area contributed by atoms with E-state index < -0.39 is 0 Å². The molecule has 0 amide bonds. The summed E-state index contributed by atoms with van der Waals surface area (Å²) in [6, 6.07) is 2.37. The molecule has 0 atom stereocenters. The van der Waals surface area contributed by atoms with E-state index in [2.05, 4.69) is 11.4 Å². The van der Waals surface area contributed by atoms with Gasteiger partial charge >= 0.3 is 0 Å². The highest BCUT2D eigenvalue weighted by molar-refractivity contribution is 8.00. The molecule has 3 heteroatoms. The number of hydrogen-bond donors (Lipinski definition) is 1. The van der Waals surface area contributed by atoms with Crippen LogP contribution in [0.4, 0.5) is 0 Å². The minimum atomic E-state index is -0.166. The number of nitrogens with one attached hydrogen (secondary N) is 1. The smallest absolute Gasteiger partial charge is 0.107 e. The van der Waals surface area contributed by atoms with Crippen LogP contribution in [0.1, 0.15) is 12.8 Å². The van der Waals surface area contributed by atoms with Gasteiger partial charge in [0.25, 0.3) is 0 Å². The molecule has 60 valence electrons. The van der Waals surface area contributed by atoms with E-state index >= 15 is 0 Å². The molecule has 0 aromatic carbocycles. The first-order chi connectivity index (χ1) is 5.24. The lowest BCUT2D eigenvalue weighted by atomic mass is 9.59. The Hall–Kier alpha value is -0.200. The van der Waals surface area contributed by atoms with Crippen molar-refractivity contribution in [2.24, 2.45) is 5.41 Å². The molecule has 1 saturated heterocycles. The molecular weight excluding hydrogens is 156 g/mol. The number of rotatable bonds is 1. The molecule has 1 N–H and O–H groups in total. The maximum atomic E-state index is 8.87. The van der Waals surface area contributed by atoms with E-state index in [9.17, 15) is 0 Å². The van der Waals surface area contributed by atoms with Gasteiger partial charge in [0.1, 0.15) is 5.54 Å². The summed E-state index contributed by atoms with van der Waals surface area (Å²) < 4.78 is 0. The Bertz CT molecular complexity index is 207. The molecule has 1 aliphatic carbocycles. The average molecular weight is 168 g/mol. The summed E-state index contributed by atoms with van der Waals surface area (Å²) in [4.78, 5) is 0. The topological polar surface area (TPSA) is 35.8 Å². The van der Waals surface area contributed by atoms with Gasteiger partial charge in [0.05, 0.1) is 6.07 Å². The van der Waals surface area contributed by atoms with Crippen LogP contribution in [0, 0.1) is 16.7 Å². The van der Waals surface area contributed by atoms with Crippen LogP contribution in [0.15, 0.2) is 0 Å². The predicted molar refractivity (Wildman–Crippen MR) is 46.4 cm³/mol. The number of nitriles is 1. The predicted octanol–water partition coefficient (Wildman–Crippen LogP) is 0.995. The summed E-state index contributed by atoms with van der Waals surface area (Å²) in [7, 11) is 1.89. The molecule has 0 radical (unpaired) electrons. The summed E-state index contributed by atoms with van der Waals surface area (Å²) in [5, 5.41) is 12.0.